The minimum Gasteiger partial charge on any atom is -0.357 e. The molecule has 0 aliphatic carbocycles. The lowest BCUT2D eigenvalue weighted by Crippen LogP contribution is -2.38. The van der Waals surface area contributed by atoms with E-state index in [4.69, 9.17) is 0 Å². The molecule has 1 aromatic rings. The Bertz CT molecular complexity index is 488. The van der Waals surface area contributed by atoms with Crippen molar-refractivity contribution in [2.75, 3.05) is 37.6 Å². The number of carbonyl (C=O) groups excluding carboxylic acids is 1. The van der Waals surface area contributed by atoms with Crippen LogP contribution in [0, 0.1) is 5.92 Å². The molecule has 1 unspecified atom stereocenters. The topological polar surface area (TPSA) is 57.3 Å². The fourth-order valence-corrected chi connectivity index (χ4v) is 3.44. The first kappa shape index (κ1) is 16.2. The van der Waals surface area contributed by atoms with Crippen molar-refractivity contribution in [3.8, 4) is 0 Å². The summed E-state index contributed by atoms with van der Waals surface area (Å²) in [5.41, 5.74) is 0.660. The van der Waals surface area contributed by atoms with Crippen LogP contribution in [-0.2, 0) is 0 Å². The Morgan fingerprint density at radius 2 is 2.04 bits per heavy atom. The standard InChI is InChI=1S/C18H28N4O/c23-18(21-13-15-6-5-9-19-12-15)16-7-8-17(20-14-16)22-10-3-1-2-4-11-22/h7-8,14-15,19H,1-6,9-13H2,(H,21,23). The maximum atomic E-state index is 12.2. The van der Waals surface area contributed by atoms with E-state index in [1.165, 1.54) is 38.5 Å². The molecule has 0 spiro atoms. The Labute approximate surface area is 138 Å². The maximum absolute atomic E-state index is 12.2. The van der Waals surface area contributed by atoms with Gasteiger partial charge in [-0.2, -0.15) is 0 Å². The zero-order valence-corrected chi connectivity index (χ0v) is 13.9. The average molecular weight is 316 g/mol. The van der Waals surface area contributed by atoms with E-state index < -0.39 is 0 Å². The molecule has 2 saturated heterocycles. The molecule has 5 nitrogen and oxygen atoms in total. The first-order valence-electron chi connectivity index (χ1n) is 9.03. The van der Waals surface area contributed by atoms with Gasteiger partial charge in [-0.25, -0.2) is 4.98 Å². The van der Waals surface area contributed by atoms with E-state index >= 15 is 0 Å². The van der Waals surface area contributed by atoms with Crippen LogP contribution in [0.3, 0.4) is 0 Å². The van der Waals surface area contributed by atoms with Crippen molar-refractivity contribution in [3.63, 3.8) is 0 Å². The third kappa shape index (κ3) is 4.67. The summed E-state index contributed by atoms with van der Waals surface area (Å²) in [6, 6.07) is 3.89. The molecular formula is C18H28N4O. The van der Waals surface area contributed by atoms with Gasteiger partial charge < -0.3 is 15.5 Å². The van der Waals surface area contributed by atoms with Gasteiger partial charge in [0.15, 0.2) is 0 Å². The molecular weight excluding hydrogens is 288 g/mol. The first-order chi connectivity index (χ1) is 11.3. The molecule has 3 heterocycles. The molecule has 126 valence electrons. The summed E-state index contributed by atoms with van der Waals surface area (Å²) in [5.74, 6) is 1.54. The largest absolute Gasteiger partial charge is 0.357 e. The minimum absolute atomic E-state index is 0.00881. The molecule has 0 aromatic carbocycles. The average Bonchev–Trinajstić information content (AvgIpc) is 2.90. The SMILES string of the molecule is O=C(NCC1CCCNC1)c1ccc(N2CCCCCC2)nc1. The molecule has 2 N–H and O–H groups in total. The summed E-state index contributed by atoms with van der Waals surface area (Å²) in [7, 11) is 0. The van der Waals surface area contributed by atoms with E-state index in [0.717, 1.165) is 38.5 Å². The van der Waals surface area contributed by atoms with Crippen molar-refractivity contribution < 1.29 is 4.79 Å². The van der Waals surface area contributed by atoms with E-state index in [-0.39, 0.29) is 5.91 Å². The maximum Gasteiger partial charge on any atom is 0.252 e. The number of piperidine rings is 1. The molecule has 1 amide bonds. The Hall–Kier alpha value is -1.62. The summed E-state index contributed by atoms with van der Waals surface area (Å²) in [6.45, 7) is 5.01. The van der Waals surface area contributed by atoms with E-state index in [1.54, 1.807) is 6.20 Å². The summed E-state index contributed by atoms with van der Waals surface area (Å²) in [5, 5.41) is 6.42. The van der Waals surface area contributed by atoms with Crippen molar-refractivity contribution in [1.82, 2.24) is 15.6 Å². The van der Waals surface area contributed by atoms with Crippen molar-refractivity contribution in [3.05, 3.63) is 23.9 Å². The van der Waals surface area contributed by atoms with Crippen LogP contribution < -0.4 is 15.5 Å². The molecule has 23 heavy (non-hydrogen) atoms. The molecule has 3 rings (SSSR count). The van der Waals surface area contributed by atoms with Crippen molar-refractivity contribution in [2.24, 2.45) is 5.92 Å². The number of nitrogens with zero attached hydrogens (tertiary/aromatic N) is 2. The van der Waals surface area contributed by atoms with Crippen molar-refractivity contribution >= 4 is 11.7 Å². The van der Waals surface area contributed by atoms with E-state index in [0.29, 0.717) is 11.5 Å². The molecule has 0 saturated carbocycles. The first-order valence-corrected chi connectivity index (χ1v) is 9.03. The van der Waals surface area contributed by atoms with Gasteiger partial charge in [0, 0.05) is 25.8 Å². The predicted octanol–water partition coefficient (Wildman–Crippen LogP) is 2.19. The number of carbonyl (C=O) groups is 1. The number of pyridine rings is 1. The van der Waals surface area contributed by atoms with Crippen LogP contribution in [0.15, 0.2) is 18.3 Å². The van der Waals surface area contributed by atoms with E-state index in [1.807, 2.05) is 12.1 Å². The summed E-state index contributed by atoms with van der Waals surface area (Å²) >= 11 is 0. The van der Waals surface area contributed by atoms with Crippen LogP contribution in [0.1, 0.15) is 48.9 Å². The molecule has 1 aromatic heterocycles. The highest BCUT2D eigenvalue weighted by Crippen LogP contribution is 2.17. The Morgan fingerprint density at radius 1 is 1.22 bits per heavy atom. The third-order valence-corrected chi connectivity index (χ3v) is 4.89. The van der Waals surface area contributed by atoms with Gasteiger partial charge in [0.25, 0.3) is 5.91 Å². The quantitative estimate of drug-likeness (QED) is 0.894. The van der Waals surface area contributed by atoms with Crippen molar-refractivity contribution in [2.45, 2.75) is 38.5 Å². The third-order valence-electron chi connectivity index (χ3n) is 4.89. The van der Waals surface area contributed by atoms with Crippen LogP contribution in [-0.4, -0.2) is 43.6 Å². The van der Waals surface area contributed by atoms with Gasteiger partial charge in [-0.15, -0.1) is 0 Å². The van der Waals surface area contributed by atoms with Crippen LogP contribution >= 0.6 is 0 Å². The van der Waals surface area contributed by atoms with Gasteiger partial charge in [0.1, 0.15) is 5.82 Å². The lowest BCUT2D eigenvalue weighted by molar-refractivity contribution is 0.0944. The monoisotopic (exact) mass is 316 g/mol. The second-order valence-corrected chi connectivity index (χ2v) is 6.73. The van der Waals surface area contributed by atoms with Crippen LogP contribution in [0.4, 0.5) is 5.82 Å². The smallest absolute Gasteiger partial charge is 0.252 e. The van der Waals surface area contributed by atoms with Gasteiger partial charge in [-0.05, 0) is 56.8 Å². The van der Waals surface area contributed by atoms with Gasteiger partial charge in [0.05, 0.1) is 5.56 Å². The number of hydrogen-bond acceptors (Lipinski definition) is 4. The zero-order chi connectivity index (χ0) is 15.9. The molecule has 2 aliphatic heterocycles. The number of aromatic nitrogens is 1. The predicted molar refractivity (Wildman–Crippen MR) is 92.8 cm³/mol. The summed E-state index contributed by atoms with van der Waals surface area (Å²) in [4.78, 5) is 19.1. The molecule has 5 heteroatoms. The van der Waals surface area contributed by atoms with Crippen LogP contribution in [0.5, 0.6) is 0 Å². The highest BCUT2D eigenvalue weighted by Gasteiger charge is 2.15. The number of anilines is 1. The van der Waals surface area contributed by atoms with E-state index in [2.05, 4.69) is 20.5 Å². The summed E-state index contributed by atoms with van der Waals surface area (Å²) < 4.78 is 0. The number of rotatable bonds is 4. The van der Waals surface area contributed by atoms with Gasteiger partial charge in [-0.3, -0.25) is 4.79 Å². The zero-order valence-electron chi connectivity index (χ0n) is 13.9. The van der Waals surface area contributed by atoms with Crippen molar-refractivity contribution in [1.29, 1.82) is 0 Å². The highest BCUT2D eigenvalue weighted by atomic mass is 16.1. The van der Waals surface area contributed by atoms with Crippen LogP contribution in [0.25, 0.3) is 0 Å². The normalized spacial score (nSPS) is 22.4. The Kier molecular flexibility index (Phi) is 5.86. The lowest BCUT2D eigenvalue weighted by Gasteiger charge is -2.23. The van der Waals surface area contributed by atoms with Gasteiger partial charge in [-0.1, -0.05) is 12.8 Å². The second kappa shape index (κ2) is 8.29. The lowest BCUT2D eigenvalue weighted by atomic mass is 10.00. The molecule has 1 atom stereocenters. The molecule has 0 radical (unpaired) electrons. The summed E-state index contributed by atoms with van der Waals surface area (Å²) in [6.07, 6.45) is 9.21. The number of nitrogens with one attached hydrogen (secondary N) is 2. The molecule has 0 bridgehead atoms. The van der Waals surface area contributed by atoms with Gasteiger partial charge in [0.2, 0.25) is 0 Å². The van der Waals surface area contributed by atoms with Gasteiger partial charge >= 0.3 is 0 Å². The Morgan fingerprint density at radius 3 is 2.70 bits per heavy atom. The number of hydrogen-bond donors (Lipinski definition) is 2. The second-order valence-electron chi connectivity index (χ2n) is 6.73. The minimum atomic E-state index is -0.00881. The van der Waals surface area contributed by atoms with Crippen LogP contribution in [0.2, 0.25) is 0 Å². The number of amides is 1. The molecule has 2 aliphatic rings. The van der Waals surface area contributed by atoms with E-state index in [9.17, 15) is 4.79 Å². The fourth-order valence-electron chi connectivity index (χ4n) is 3.44. The molecule has 2 fully saturated rings. The fraction of sp³-hybridized carbons (Fsp3) is 0.667. The highest BCUT2D eigenvalue weighted by molar-refractivity contribution is 5.94. The Balaban J connectivity index is 1.52.